The van der Waals surface area contributed by atoms with Crippen molar-refractivity contribution in [2.75, 3.05) is 20.8 Å². The van der Waals surface area contributed by atoms with E-state index in [9.17, 15) is 34.2 Å². The number of fused-ring (bicyclic) bond motifs is 3. The number of ether oxygens (including phenoxy) is 5. The van der Waals surface area contributed by atoms with Gasteiger partial charge >= 0.3 is 5.97 Å². The summed E-state index contributed by atoms with van der Waals surface area (Å²) < 4.78 is 30.2. The van der Waals surface area contributed by atoms with Gasteiger partial charge in [-0.05, 0) is 114 Å². The molecule has 4 rings (SSSR count). The van der Waals surface area contributed by atoms with Crippen LogP contribution in [0.15, 0.2) is 47.6 Å². The number of nitrogens with zero attached hydrogens (tertiary/aromatic N) is 1. The van der Waals surface area contributed by atoms with Gasteiger partial charge < -0.3 is 38.8 Å². The number of cyclic esters (lactones) is 1. The Morgan fingerprint density at radius 3 is 2.26 bits per heavy atom. The van der Waals surface area contributed by atoms with Gasteiger partial charge in [-0.2, -0.15) is 0 Å². The second-order valence-corrected chi connectivity index (χ2v) is 20.4. The first-order valence-electron chi connectivity index (χ1n) is 24.8. The fourth-order valence-electron chi connectivity index (χ4n) is 10.3. The highest BCUT2D eigenvalue weighted by atomic mass is 16.6. The summed E-state index contributed by atoms with van der Waals surface area (Å²) in [7, 11) is 3.11. The summed E-state index contributed by atoms with van der Waals surface area (Å²) in [5.41, 5.74) is 1.32. The number of amides is 1. The van der Waals surface area contributed by atoms with Crippen molar-refractivity contribution < 1.29 is 57.9 Å². The van der Waals surface area contributed by atoms with Crippen molar-refractivity contribution in [1.82, 2.24) is 4.90 Å². The summed E-state index contributed by atoms with van der Waals surface area (Å²) in [5.74, 6) is -7.47. The van der Waals surface area contributed by atoms with E-state index in [0.29, 0.717) is 50.5 Å². The van der Waals surface area contributed by atoms with E-state index in [1.165, 1.54) is 12.0 Å². The second kappa shape index (κ2) is 25.9. The van der Waals surface area contributed by atoms with Crippen LogP contribution in [-0.4, -0.2) is 120 Å². The van der Waals surface area contributed by atoms with Gasteiger partial charge in [0.1, 0.15) is 30.1 Å². The molecule has 66 heavy (non-hydrogen) atoms. The van der Waals surface area contributed by atoms with Crippen molar-refractivity contribution >= 4 is 29.2 Å². The summed E-state index contributed by atoms with van der Waals surface area (Å²) >= 11 is 0. The minimum atomic E-state index is -2.42. The lowest BCUT2D eigenvalue weighted by Crippen LogP contribution is -2.61. The molecule has 2 bridgehead atoms. The first kappa shape index (κ1) is 55.3. The molecule has 372 valence electrons. The number of aliphatic hydroxyl groups is 2. The minimum Gasteiger partial charge on any atom is -0.460 e. The Morgan fingerprint density at radius 1 is 0.848 bits per heavy atom. The van der Waals surface area contributed by atoms with E-state index in [1.807, 2.05) is 71.9 Å². The highest BCUT2D eigenvalue weighted by Crippen LogP contribution is 2.38. The number of rotatable bonds is 7. The van der Waals surface area contributed by atoms with E-state index in [4.69, 9.17) is 23.7 Å². The highest BCUT2D eigenvalue weighted by Gasteiger charge is 2.53. The van der Waals surface area contributed by atoms with E-state index in [0.717, 1.165) is 31.3 Å². The van der Waals surface area contributed by atoms with Gasteiger partial charge in [0.25, 0.3) is 11.7 Å². The normalized spacial score (nSPS) is 38.9. The molecule has 1 aliphatic carbocycles. The van der Waals surface area contributed by atoms with Gasteiger partial charge in [-0.25, -0.2) is 4.79 Å². The van der Waals surface area contributed by atoms with Crippen LogP contribution in [0.4, 0.5) is 0 Å². The molecule has 3 aliphatic heterocycles. The van der Waals surface area contributed by atoms with Gasteiger partial charge in [0, 0.05) is 51.4 Å². The van der Waals surface area contributed by atoms with Crippen molar-refractivity contribution in [1.29, 1.82) is 0 Å². The van der Waals surface area contributed by atoms with Crippen molar-refractivity contribution in [2.24, 2.45) is 35.5 Å². The van der Waals surface area contributed by atoms with Gasteiger partial charge in [0.05, 0.1) is 24.4 Å². The molecule has 0 aromatic rings. The molecular formula is C53H83NO12. The standard InChI is InChI=1S/C53H83NO12/c1-32(2)64-45-30-42-24-23-39(9)53(61,66-42)50(58)51(59)54-25-16-15-22-43(54)52(60)65-46(36(6)28-40-20-17-21-41(29-40)62-10)31-44(55)35(5)27-38(8)48(57)49(63-11)47(56)37(7)26-33(3)18-13-12-14-19-34(45)4/h12-14,18-19,27,32-33,35-37,39-43,45-46,48-49,57,61H,15-17,20-26,28-31H2,1-11H3/b14-12+,18-13+,34-19+,38-27+/t33-,35-,36-,37-,39-,40?,41+,42+,43+,45+,46+,48-,49+,53-/m1/s1. The van der Waals surface area contributed by atoms with Gasteiger partial charge in [-0.1, -0.05) is 83.9 Å². The maximum atomic E-state index is 14.4. The molecule has 0 spiro atoms. The molecule has 1 unspecified atom stereocenters. The van der Waals surface area contributed by atoms with Crippen LogP contribution in [0.3, 0.4) is 0 Å². The van der Waals surface area contributed by atoms with Gasteiger partial charge in [0.2, 0.25) is 5.79 Å². The largest absolute Gasteiger partial charge is 0.460 e. The first-order valence-corrected chi connectivity index (χ1v) is 24.8. The van der Waals surface area contributed by atoms with Crippen LogP contribution in [0.1, 0.15) is 146 Å². The maximum absolute atomic E-state index is 14.4. The summed E-state index contributed by atoms with van der Waals surface area (Å²) in [6.07, 6.45) is 14.6. The zero-order valence-electron chi connectivity index (χ0n) is 41.9. The zero-order valence-corrected chi connectivity index (χ0v) is 41.9. The number of carbonyl (C=O) groups is 5. The number of ketones is 3. The third-order valence-corrected chi connectivity index (χ3v) is 14.5. The minimum absolute atomic E-state index is 0.0274. The number of esters is 1. The third-order valence-electron chi connectivity index (χ3n) is 14.5. The fraction of sp³-hybridized carbons (Fsp3) is 0.755. The Labute approximate surface area is 395 Å². The Hall–Kier alpha value is -3.33. The molecule has 14 atom stereocenters. The molecule has 13 nitrogen and oxygen atoms in total. The molecule has 13 heteroatoms. The molecule has 1 saturated carbocycles. The smallest absolute Gasteiger partial charge is 0.329 e. The van der Waals surface area contributed by atoms with E-state index in [-0.39, 0.29) is 60.9 Å². The molecule has 3 fully saturated rings. The number of aliphatic hydroxyl groups excluding tert-OH is 1. The highest BCUT2D eigenvalue weighted by molar-refractivity contribution is 6.39. The Kier molecular flexibility index (Phi) is 21.7. The fourth-order valence-corrected chi connectivity index (χ4v) is 10.3. The Bertz CT molecular complexity index is 1770. The lowest BCUT2D eigenvalue weighted by Gasteiger charge is -2.43. The summed E-state index contributed by atoms with van der Waals surface area (Å²) in [6, 6.07) is -1.11. The second-order valence-electron chi connectivity index (χ2n) is 20.4. The van der Waals surface area contributed by atoms with Crippen LogP contribution in [0.5, 0.6) is 0 Å². The molecule has 2 N–H and O–H groups in total. The van der Waals surface area contributed by atoms with Crippen molar-refractivity contribution in [2.45, 2.75) is 200 Å². The number of carbonyl (C=O) groups excluding carboxylic acids is 5. The third kappa shape index (κ3) is 15.1. The maximum Gasteiger partial charge on any atom is 0.329 e. The van der Waals surface area contributed by atoms with Gasteiger partial charge in [-0.15, -0.1) is 0 Å². The lowest BCUT2D eigenvalue weighted by atomic mass is 9.79. The number of hydrogen-bond acceptors (Lipinski definition) is 12. The van der Waals surface area contributed by atoms with Gasteiger partial charge in [-0.3, -0.25) is 19.2 Å². The molecule has 0 aromatic carbocycles. The molecule has 3 heterocycles. The zero-order chi connectivity index (χ0) is 48.9. The van der Waals surface area contributed by atoms with E-state index in [2.05, 4.69) is 0 Å². The average Bonchev–Trinajstić information content (AvgIpc) is 3.28. The predicted molar refractivity (Wildman–Crippen MR) is 253 cm³/mol. The summed E-state index contributed by atoms with van der Waals surface area (Å²) in [6.45, 7) is 16.8. The van der Waals surface area contributed by atoms with Crippen LogP contribution in [0.2, 0.25) is 0 Å². The summed E-state index contributed by atoms with van der Waals surface area (Å²) in [4.78, 5) is 72.1. The molecular weight excluding hydrogens is 843 g/mol. The Morgan fingerprint density at radius 2 is 1.58 bits per heavy atom. The first-order chi connectivity index (χ1) is 31.2. The monoisotopic (exact) mass is 926 g/mol. The van der Waals surface area contributed by atoms with Crippen molar-refractivity contribution in [3.8, 4) is 0 Å². The van der Waals surface area contributed by atoms with Crippen LogP contribution >= 0.6 is 0 Å². The van der Waals surface area contributed by atoms with E-state index >= 15 is 0 Å². The van der Waals surface area contributed by atoms with Gasteiger partial charge in [0.15, 0.2) is 5.78 Å². The van der Waals surface area contributed by atoms with Crippen LogP contribution in [0, 0.1) is 35.5 Å². The molecule has 0 aromatic heterocycles. The quantitative estimate of drug-likeness (QED) is 0.143. The Balaban J connectivity index is 1.72. The van der Waals surface area contributed by atoms with E-state index < -0.39 is 77.8 Å². The lowest BCUT2D eigenvalue weighted by molar-refractivity contribution is -0.266. The van der Waals surface area contributed by atoms with Crippen molar-refractivity contribution in [3.63, 3.8) is 0 Å². The number of methoxy groups -OCH3 is 2. The molecule has 2 saturated heterocycles. The van der Waals surface area contributed by atoms with Crippen molar-refractivity contribution in [3.05, 3.63) is 47.6 Å². The topological polar surface area (TPSA) is 175 Å². The molecule has 1 amide bonds. The number of Topliss-reactive ketones (excluding diaryl/α,β-unsaturated/α-hetero) is 3. The number of allylic oxidation sites excluding steroid dienone is 6. The average molecular weight is 926 g/mol. The SMILES string of the molecule is CO[C@H]1CCCC(C[C@@H](C)[C@@H]2CC(=O)[C@H](C)/C=C(\C)[C@@H](O)[C@@H](OC)C(=O)[C@H](C)C[C@H](C)/C=C/C=C/C=C(\C)[C@@H](OC(C)C)C[C@@H]3CC[C@@H](C)[C@@](O)(O3)C(=O)C(=O)N3CCCC[C@H]3C(=O)O2)C1. The summed E-state index contributed by atoms with van der Waals surface area (Å²) in [5, 5.41) is 23.5. The van der Waals surface area contributed by atoms with Crippen LogP contribution < -0.4 is 0 Å². The van der Waals surface area contributed by atoms with Crippen LogP contribution in [-0.2, 0) is 47.7 Å². The molecule has 0 radical (unpaired) electrons. The predicted octanol–water partition coefficient (Wildman–Crippen LogP) is 7.99. The number of hydrogen-bond donors (Lipinski definition) is 2. The van der Waals surface area contributed by atoms with E-state index in [1.54, 1.807) is 34.0 Å². The number of piperidine rings is 1. The molecule has 4 aliphatic rings. The van der Waals surface area contributed by atoms with Crippen LogP contribution in [0.25, 0.3) is 0 Å².